The molecule has 0 spiro atoms. The zero-order valence-corrected chi connectivity index (χ0v) is 13.6. The van der Waals surface area contributed by atoms with Crippen molar-refractivity contribution in [1.82, 2.24) is 4.90 Å². The topological polar surface area (TPSA) is 73.5 Å². The quantitative estimate of drug-likeness (QED) is 0.438. The third-order valence-electron chi connectivity index (χ3n) is 2.46. The molecule has 0 N–H and O–H groups in total. The molecule has 0 unspecified atom stereocenters. The van der Waals surface area contributed by atoms with Crippen LogP contribution < -0.4 is 0 Å². The van der Waals surface area contributed by atoms with Gasteiger partial charge in [0.15, 0.2) is 0 Å². The molecule has 0 aromatic heterocycles. The summed E-state index contributed by atoms with van der Waals surface area (Å²) in [5.41, 5.74) is 0.309. The van der Waals surface area contributed by atoms with Crippen molar-refractivity contribution in [3.8, 4) is 6.07 Å². The highest BCUT2D eigenvalue weighted by atomic mass is 127. The molecule has 5 nitrogen and oxygen atoms in total. The van der Waals surface area contributed by atoms with Gasteiger partial charge >= 0.3 is 0 Å². The number of hydrogen-bond donors (Lipinski definition) is 0. The lowest BCUT2D eigenvalue weighted by atomic mass is 10.2. The van der Waals surface area contributed by atoms with E-state index in [0.29, 0.717) is 22.2 Å². The summed E-state index contributed by atoms with van der Waals surface area (Å²) in [6.45, 7) is 5.21. The standard InChI is InChI=1S/C12H14IN3O2S/c1-3-16(4-2)9-15-19(17,18)12-6-10(8-14)5-11(13)7-12/h5-7,9H,3-4H2,1-2H3. The van der Waals surface area contributed by atoms with Gasteiger partial charge in [0, 0.05) is 16.7 Å². The fourth-order valence-corrected chi connectivity index (χ4v) is 3.17. The zero-order chi connectivity index (χ0) is 14.5. The van der Waals surface area contributed by atoms with Gasteiger partial charge in [0.25, 0.3) is 10.0 Å². The smallest absolute Gasteiger partial charge is 0.283 e. The van der Waals surface area contributed by atoms with Gasteiger partial charge in [-0.3, -0.25) is 0 Å². The van der Waals surface area contributed by atoms with Crippen molar-refractivity contribution in [3.63, 3.8) is 0 Å². The summed E-state index contributed by atoms with van der Waals surface area (Å²) in [6.07, 6.45) is 1.32. The molecule has 0 atom stereocenters. The number of nitrogens with zero attached hydrogens (tertiary/aromatic N) is 3. The zero-order valence-electron chi connectivity index (χ0n) is 10.7. The average molecular weight is 391 g/mol. The Morgan fingerprint density at radius 3 is 2.53 bits per heavy atom. The van der Waals surface area contributed by atoms with E-state index in [2.05, 4.69) is 4.40 Å². The van der Waals surface area contributed by atoms with Crippen LogP contribution in [0.2, 0.25) is 0 Å². The van der Waals surface area contributed by atoms with Crippen molar-refractivity contribution < 1.29 is 8.42 Å². The molecule has 0 radical (unpaired) electrons. The number of nitriles is 1. The average Bonchev–Trinajstić information content (AvgIpc) is 2.39. The van der Waals surface area contributed by atoms with E-state index in [1.165, 1.54) is 18.5 Å². The Morgan fingerprint density at radius 1 is 1.37 bits per heavy atom. The van der Waals surface area contributed by atoms with Crippen LogP contribution in [0.15, 0.2) is 27.5 Å². The molecule has 0 amide bonds. The molecule has 0 aliphatic carbocycles. The lowest BCUT2D eigenvalue weighted by Gasteiger charge is -2.13. The van der Waals surface area contributed by atoms with E-state index >= 15 is 0 Å². The Labute approximate surface area is 127 Å². The summed E-state index contributed by atoms with van der Waals surface area (Å²) < 4.78 is 28.4. The van der Waals surface area contributed by atoms with Crippen LogP contribution in [0.25, 0.3) is 0 Å². The second-order valence-corrected chi connectivity index (χ2v) is 6.58. The summed E-state index contributed by atoms with van der Waals surface area (Å²) in [5.74, 6) is 0. The minimum Gasteiger partial charge on any atom is -0.362 e. The van der Waals surface area contributed by atoms with E-state index in [4.69, 9.17) is 5.26 Å². The first-order valence-electron chi connectivity index (χ1n) is 5.68. The summed E-state index contributed by atoms with van der Waals surface area (Å²) in [7, 11) is -3.76. The molecule has 1 aromatic rings. The van der Waals surface area contributed by atoms with E-state index in [1.807, 2.05) is 42.5 Å². The van der Waals surface area contributed by atoms with Gasteiger partial charge in [0.1, 0.15) is 6.34 Å². The van der Waals surface area contributed by atoms with E-state index < -0.39 is 10.0 Å². The summed E-state index contributed by atoms with van der Waals surface area (Å²) in [5, 5.41) is 8.85. The first kappa shape index (κ1) is 15.9. The van der Waals surface area contributed by atoms with Gasteiger partial charge in [-0.05, 0) is 54.6 Å². The van der Waals surface area contributed by atoms with Gasteiger partial charge in [-0.15, -0.1) is 4.40 Å². The van der Waals surface area contributed by atoms with Crippen molar-refractivity contribution in [3.05, 3.63) is 27.3 Å². The second kappa shape index (κ2) is 6.86. The van der Waals surface area contributed by atoms with Gasteiger partial charge in [0.2, 0.25) is 0 Å². The highest BCUT2D eigenvalue weighted by Crippen LogP contribution is 2.18. The van der Waals surface area contributed by atoms with Crippen LogP contribution in [0, 0.1) is 14.9 Å². The maximum Gasteiger partial charge on any atom is 0.283 e. The normalized spacial score (nSPS) is 11.5. The van der Waals surface area contributed by atoms with Crippen LogP contribution in [0.1, 0.15) is 19.4 Å². The summed E-state index contributed by atoms with van der Waals surface area (Å²) >= 11 is 1.97. The molecule has 102 valence electrons. The molecule has 0 aliphatic rings. The first-order valence-corrected chi connectivity index (χ1v) is 8.20. The van der Waals surface area contributed by atoms with Crippen LogP contribution in [0.5, 0.6) is 0 Å². The Morgan fingerprint density at radius 2 is 2.00 bits per heavy atom. The van der Waals surface area contributed by atoms with Crippen molar-refractivity contribution >= 4 is 39.0 Å². The van der Waals surface area contributed by atoms with Gasteiger partial charge in [0.05, 0.1) is 16.5 Å². The number of halogens is 1. The van der Waals surface area contributed by atoms with Crippen molar-refractivity contribution in [2.45, 2.75) is 18.7 Å². The fourth-order valence-electron chi connectivity index (χ4n) is 1.35. The molecule has 19 heavy (non-hydrogen) atoms. The third-order valence-corrected chi connectivity index (χ3v) is 4.29. The van der Waals surface area contributed by atoms with Crippen LogP contribution in [0.3, 0.4) is 0 Å². The summed E-state index contributed by atoms with van der Waals surface area (Å²) in [6, 6.07) is 6.38. The summed E-state index contributed by atoms with van der Waals surface area (Å²) in [4.78, 5) is 1.82. The maximum atomic E-state index is 12.1. The monoisotopic (exact) mass is 391 g/mol. The van der Waals surface area contributed by atoms with Gasteiger partial charge < -0.3 is 4.90 Å². The van der Waals surface area contributed by atoms with Gasteiger partial charge in [-0.1, -0.05) is 0 Å². The molecule has 7 heteroatoms. The molecule has 0 heterocycles. The van der Waals surface area contributed by atoms with Crippen molar-refractivity contribution in [1.29, 1.82) is 5.26 Å². The van der Waals surface area contributed by atoms with E-state index in [0.717, 1.165) is 0 Å². The Kier molecular flexibility index (Phi) is 5.75. The highest BCUT2D eigenvalue weighted by molar-refractivity contribution is 14.1. The highest BCUT2D eigenvalue weighted by Gasteiger charge is 2.14. The number of hydrogen-bond acceptors (Lipinski definition) is 3. The SMILES string of the molecule is CCN(C=NS(=O)(=O)c1cc(I)cc(C#N)c1)CC. The Hall–Kier alpha value is -1.14. The predicted octanol–water partition coefficient (Wildman–Crippen LogP) is 2.22. The predicted molar refractivity (Wildman–Crippen MR) is 82.5 cm³/mol. The molecule has 1 rings (SSSR count). The largest absolute Gasteiger partial charge is 0.362 e. The minimum absolute atomic E-state index is 0.0411. The molecule has 0 bridgehead atoms. The number of benzene rings is 1. The molecule has 0 saturated heterocycles. The Balaban J connectivity index is 3.14. The van der Waals surface area contributed by atoms with E-state index in [1.54, 1.807) is 11.0 Å². The van der Waals surface area contributed by atoms with Crippen molar-refractivity contribution in [2.24, 2.45) is 4.40 Å². The Bertz CT molecular complexity index is 616. The van der Waals surface area contributed by atoms with Crippen LogP contribution >= 0.6 is 22.6 Å². The lowest BCUT2D eigenvalue weighted by Crippen LogP contribution is -2.21. The molecule has 0 aliphatic heterocycles. The van der Waals surface area contributed by atoms with Crippen LogP contribution in [-0.4, -0.2) is 32.7 Å². The first-order chi connectivity index (χ1) is 8.92. The lowest BCUT2D eigenvalue weighted by molar-refractivity contribution is 0.480. The molecule has 1 aromatic carbocycles. The number of sulfonamides is 1. The van der Waals surface area contributed by atoms with E-state index in [9.17, 15) is 8.42 Å². The number of rotatable bonds is 5. The minimum atomic E-state index is -3.76. The van der Waals surface area contributed by atoms with Gasteiger partial charge in [-0.25, -0.2) is 0 Å². The second-order valence-electron chi connectivity index (χ2n) is 3.70. The maximum absolute atomic E-state index is 12.1. The molecule has 0 fully saturated rings. The van der Waals surface area contributed by atoms with Crippen LogP contribution in [0.4, 0.5) is 0 Å². The van der Waals surface area contributed by atoms with Gasteiger partial charge in [-0.2, -0.15) is 13.7 Å². The fraction of sp³-hybridized carbons (Fsp3) is 0.333. The van der Waals surface area contributed by atoms with Crippen LogP contribution in [-0.2, 0) is 10.0 Å². The third kappa shape index (κ3) is 4.47. The molecule has 0 saturated carbocycles. The van der Waals surface area contributed by atoms with E-state index in [-0.39, 0.29) is 4.90 Å². The van der Waals surface area contributed by atoms with Crippen molar-refractivity contribution in [2.75, 3.05) is 13.1 Å². The molecular formula is C12H14IN3O2S. The molecular weight excluding hydrogens is 377 g/mol.